The van der Waals surface area contributed by atoms with Gasteiger partial charge in [0.15, 0.2) is 17.3 Å². The number of phenols is 4. The Morgan fingerprint density at radius 2 is 1.68 bits per heavy atom. The van der Waals surface area contributed by atoms with Crippen LogP contribution in [-0.4, -0.2) is 44.1 Å². The average molecular weight is 473 g/mol. The molecule has 0 saturated carbocycles. The van der Waals surface area contributed by atoms with Crippen LogP contribution in [-0.2, 0) is 9.53 Å². The maximum atomic E-state index is 13.2. The number of benzene rings is 2. The summed E-state index contributed by atoms with van der Waals surface area (Å²) >= 11 is 0. The standard InChI is InChI=1S/C23H23NO10/c1-10(24-22(31)34-23(2,3)4)21(30)33-20-18(29)17-15(28)8-12(25)9-16(17)32-19(20)11-5-6-13(26)14(27)7-11/h5-10,25-28H,1-4H3,(H,24,31)/t10-/m0/s1. The summed E-state index contributed by atoms with van der Waals surface area (Å²) in [6.45, 7) is 6.22. The van der Waals surface area contributed by atoms with Gasteiger partial charge in [0.25, 0.3) is 0 Å². The van der Waals surface area contributed by atoms with E-state index in [4.69, 9.17) is 13.9 Å². The molecule has 0 fully saturated rings. The predicted molar refractivity (Wildman–Crippen MR) is 119 cm³/mol. The first-order valence-corrected chi connectivity index (χ1v) is 10.0. The molecule has 3 rings (SSSR count). The van der Waals surface area contributed by atoms with E-state index in [-0.39, 0.29) is 22.3 Å². The summed E-state index contributed by atoms with van der Waals surface area (Å²) < 4.78 is 16.0. The van der Waals surface area contributed by atoms with Crippen LogP contribution >= 0.6 is 0 Å². The second kappa shape index (κ2) is 8.85. The molecule has 1 heterocycles. The van der Waals surface area contributed by atoms with Gasteiger partial charge in [0, 0.05) is 17.7 Å². The molecule has 34 heavy (non-hydrogen) atoms. The van der Waals surface area contributed by atoms with Crippen LogP contribution < -0.4 is 15.5 Å². The van der Waals surface area contributed by atoms with Crippen molar-refractivity contribution in [1.82, 2.24) is 5.32 Å². The van der Waals surface area contributed by atoms with E-state index in [2.05, 4.69) is 5.32 Å². The fourth-order valence-electron chi connectivity index (χ4n) is 2.95. The van der Waals surface area contributed by atoms with Crippen molar-refractivity contribution in [2.75, 3.05) is 0 Å². The van der Waals surface area contributed by atoms with Gasteiger partial charge >= 0.3 is 12.1 Å². The van der Waals surface area contributed by atoms with Gasteiger partial charge in [-0.05, 0) is 45.9 Å². The third-order valence-corrected chi connectivity index (χ3v) is 4.44. The highest BCUT2D eigenvalue weighted by Crippen LogP contribution is 2.38. The van der Waals surface area contributed by atoms with Gasteiger partial charge in [-0.3, -0.25) is 4.79 Å². The van der Waals surface area contributed by atoms with Crippen LogP contribution in [0.3, 0.4) is 0 Å². The number of hydrogen-bond acceptors (Lipinski definition) is 10. The smallest absolute Gasteiger partial charge is 0.408 e. The van der Waals surface area contributed by atoms with Crippen LogP contribution in [0.5, 0.6) is 28.7 Å². The summed E-state index contributed by atoms with van der Waals surface area (Å²) in [5.74, 6) is -4.06. The zero-order valence-corrected chi connectivity index (χ0v) is 18.7. The Morgan fingerprint density at radius 1 is 1.00 bits per heavy atom. The van der Waals surface area contributed by atoms with E-state index >= 15 is 0 Å². The number of alkyl carbamates (subject to hydrolysis) is 1. The number of rotatable bonds is 4. The Morgan fingerprint density at radius 3 is 2.29 bits per heavy atom. The summed E-state index contributed by atoms with van der Waals surface area (Å²) in [5.41, 5.74) is -1.97. The first kappa shape index (κ1) is 24.2. The second-order valence-corrected chi connectivity index (χ2v) is 8.42. The van der Waals surface area contributed by atoms with Crippen molar-refractivity contribution in [1.29, 1.82) is 0 Å². The highest BCUT2D eigenvalue weighted by atomic mass is 16.6. The van der Waals surface area contributed by atoms with Crippen molar-refractivity contribution in [3.8, 4) is 40.1 Å². The molecule has 1 atom stereocenters. The van der Waals surface area contributed by atoms with Gasteiger partial charge in [-0.15, -0.1) is 0 Å². The fraction of sp³-hybridized carbons (Fsp3) is 0.261. The highest BCUT2D eigenvalue weighted by Gasteiger charge is 2.27. The quantitative estimate of drug-likeness (QED) is 0.279. The number of aromatic hydroxyl groups is 4. The predicted octanol–water partition coefficient (Wildman–Crippen LogP) is 3.10. The minimum Gasteiger partial charge on any atom is -0.508 e. The Labute approximate surface area is 192 Å². The Bertz CT molecular complexity index is 1340. The molecule has 1 amide bonds. The summed E-state index contributed by atoms with van der Waals surface area (Å²) in [7, 11) is 0. The lowest BCUT2D eigenvalue weighted by Gasteiger charge is -2.21. The Balaban J connectivity index is 2.08. The molecule has 0 aliphatic heterocycles. The van der Waals surface area contributed by atoms with Gasteiger partial charge in [-0.2, -0.15) is 0 Å². The third kappa shape index (κ3) is 5.14. The topological polar surface area (TPSA) is 176 Å². The van der Waals surface area contributed by atoms with Crippen LogP contribution in [0.15, 0.2) is 39.5 Å². The van der Waals surface area contributed by atoms with Gasteiger partial charge in [-0.25, -0.2) is 9.59 Å². The van der Waals surface area contributed by atoms with Crippen molar-refractivity contribution < 1.29 is 43.9 Å². The minimum atomic E-state index is -1.25. The number of amides is 1. The zero-order chi connectivity index (χ0) is 25.4. The summed E-state index contributed by atoms with van der Waals surface area (Å²) in [6, 6.07) is 4.18. The molecule has 0 aliphatic rings. The number of nitrogens with one attached hydrogen (secondary N) is 1. The van der Waals surface area contributed by atoms with Gasteiger partial charge in [0.1, 0.15) is 34.1 Å². The highest BCUT2D eigenvalue weighted by molar-refractivity contribution is 5.90. The molecule has 0 saturated heterocycles. The fourth-order valence-corrected chi connectivity index (χ4v) is 2.95. The van der Waals surface area contributed by atoms with Gasteiger partial charge < -0.3 is 39.6 Å². The van der Waals surface area contributed by atoms with Crippen molar-refractivity contribution in [2.45, 2.75) is 39.3 Å². The molecule has 5 N–H and O–H groups in total. The van der Waals surface area contributed by atoms with Crippen molar-refractivity contribution >= 4 is 23.0 Å². The number of esters is 1. The van der Waals surface area contributed by atoms with Crippen LogP contribution in [0.1, 0.15) is 27.7 Å². The number of ether oxygens (including phenoxy) is 2. The molecule has 2 aromatic carbocycles. The molecule has 3 aromatic rings. The van der Waals surface area contributed by atoms with Crippen LogP contribution in [0.25, 0.3) is 22.3 Å². The van der Waals surface area contributed by atoms with Crippen molar-refractivity contribution in [3.05, 3.63) is 40.6 Å². The third-order valence-electron chi connectivity index (χ3n) is 4.44. The lowest BCUT2D eigenvalue weighted by Crippen LogP contribution is -2.43. The molecule has 0 radical (unpaired) electrons. The van der Waals surface area contributed by atoms with Crippen molar-refractivity contribution in [3.63, 3.8) is 0 Å². The number of phenolic OH excluding ortho intramolecular Hbond substituents is 4. The van der Waals surface area contributed by atoms with Crippen LogP contribution in [0, 0.1) is 0 Å². The van der Waals surface area contributed by atoms with Crippen LogP contribution in [0.4, 0.5) is 4.79 Å². The average Bonchev–Trinajstić information content (AvgIpc) is 2.69. The van der Waals surface area contributed by atoms with E-state index in [9.17, 15) is 34.8 Å². The van der Waals surface area contributed by atoms with E-state index in [0.717, 1.165) is 24.3 Å². The summed E-state index contributed by atoms with van der Waals surface area (Å²) in [5, 5.41) is 41.3. The summed E-state index contributed by atoms with van der Waals surface area (Å²) in [4.78, 5) is 37.8. The number of carbonyl (C=O) groups excluding carboxylic acids is 2. The Kier molecular flexibility index (Phi) is 6.31. The lowest BCUT2D eigenvalue weighted by atomic mass is 10.1. The van der Waals surface area contributed by atoms with E-state index in [1.165, 1.54) is 13.0 Å². The summed E-state index contributed by atoms with van der Waals surface area (Å²) in [6.07, 6.45) is -0.890. The molecule has 0 unspecified atom stereocenters. The second-order valence-electron chi connectivity index (χ2n) is 8.42. The van der Waals surface area contributed by atoms with E-state index in [1.807, 2.05) is 0 Å². The normalized spacial score (nSPS) is 12.2. The van der Waals surface area contributed by atoms with Gasteiger partial charge in [0.05, 0.1) is 0 Å². The largest absolute Gasteiger partial charge is 0.508 e. The maximum absolute atomic E-state index is 13.2. The molecule has 11 nitrogen and oxygen atoms in total. The molecular formula is C23H23NO10. The zero-order valence-electron chi connectivity index (χ0n) is 18.7. The van der Waals surface area contributed by atoms with Crippen LogP contribution in [0.2, 0.25) is 0 Å². The van der Waals surface area contributed by atoms with E-state index < -0.39 is 57.9 Å². The van der Waals surface area contributed by atoms with Gasteiger partial charge in [-0.1, -0.05) is 0 Å². The van der Waals surface area contributed by atoms with Gasteiger partial charge in [0.2, 0.25) is 11.2 Å². The Hall–Kier alpha value is -4.41. The molecule has 180 valence electrons. The van der Waals surface area contributed by atoms with E-state index in [0.29, 0.717) is 0 Å². The first-order chi connectivity index (χ1) is 15.8. The first-order valence-electron chi connectivity index (χ1n) is 10.0. The van der Waals surface area contributed by atoms with Crippen molar-refractivity contribution in [2.24, 2.45) is 0 Å². The molecule has 0 bridgehead atoms. The lowest BCUT2D eigenvalue weighted by molar-refractivity contribution is -0.136. The minimum absolute atomic E-state index is 0.0349. The molecular weight excluding hydrogens is 450 g/mol. The molecule has 1 aromatic heterocycles. The van der Waals surface area contributed by atoms with E-state index in [1.54, 1.807) is 20.8 Å². The number of carbonyl (C=O) groups is 2. The SMILES string of the molecule is C[C@H](NC(=O)OC(C)(C)C)C(=O)Oc1c(-c2ccc(O)c(O)c2)oc2cc(O)cc(O)c2c1=O. The number of hydrogen-bond donors (Lipinski definition) is 5. The molecule has 11 heteroatoms. The molecule has 0 aliphatic carbocycles. The number of fused-ring (bicyclic) bond motifs is 1. The molecule has 0 spiro atoms. The maximum Gasteiger partial charge on any atom is 0.408 e. The monoisotopic (exact) mass is 473 g/mol.